The van der Waals surface area contributed by atoms with E-state index in [1.54, 1.807) is 6.20 Å². The van der Waals surface area contributed by atoms with Crippen LogP contribution in [0.3, 0.4) is 0 Å². The Bertz CT molecular complexity index is 543. The van der Waals surface area contributed by atoms with Crippen LogP contribution in [-0.4, -0.2) is 17.1 Å². The fourth-order valence-corrected chi connectivity index (χ4v) is 2.14. The fraction of sp³-hybridized carbons (Fsp3) is 0.400. The van der Waals surface area contributed by atoms with Gasteiger partial charge in [0.25, 0.3) is 0 Å². The second-order valence-corrected chi connectivity index (χ2v) is 6.47. The molecule has 102 valence electrons. The molecule has 4 heteroatoms. The van der Waals surface area contributed by atoms with Gasteiger partial charge in [-0.3, -0.25) is 0 Å². The summed E-state index contributed by atoms with van der Waals surface area (Å²) in [5.74, 6) is 1.58. The van der Waals surface area contributed by atoms with Crippen LogP contribution in [0.25, 0.3) is 11.3 Å². The summed E-state index contributed by atoms with van der Waals surface area (Å²) in [4.78, 5) is 4.32. The molecule has 0 saturated carbocycles. The summed E-state index contributed by atoms with van der Waals surface area (Å²) >= 11 is 3.46. The van der Waals surface area contributed by atoms with E-state index in [9.17, 15) is 0 Å². The quantitative estimate of drug-likeness (QED) is 0.923. The van der Waals surface area contributed by atoms with E-state index < -0.39 is 0 Å². The van der Waals surface area contributed by atoms with Crippen LogP contribution in [0.15, 0.2) is 39.4 Å². The minimum absolute atomic E-state index is 0.125. The Labute approximate surface area is 122 Å². The molecule has 2 aromatic rings. The van der Waals surface area contributed by atoms with Crippen molar-refractivity contribution in [3.8, 4) is 11.3 Å². The minimum Gasteiger partial charge on any atom is -0.441 e. The molecular weight excluding hydrogens is 304 g/mol. The first-order chi connectivity index (χ1) is 8.94. The molecule has 0 atom stereocenters. The second-order valence-electron chi connectivity index (χ2n) is 5.56. The molecule has 1 heterocycles. The number of nitrogens with zero attached hydrogens (tertiary/aromatic N) is 1. The third-order valence-corrected chi connectivity index (χ3v) is 3.15. The summed E-state index contributed by atoms with van der Waals surface area (Å²) in [7, 11) is 0. The molecule has 0 fully saturated rings. The Kier molecular flexibility index (Phi) is 4.42. The molecule has 0 spiro atoms. The standard InChI is InChI=1S/C15H19BrN2O/c1-15(2,3)18-8-7-14-17-10-13(19-14)11-5-4-6-12(16)9-11/h4-6,9-10,18H,7-8H2,1-3H3. The lowest BCUT2D eigenvalue weighted by atomic mass is 10.1. The number of hydrogen-bond acceptors (Lipinski definition) is 3. The van der Waals surface area contributed by atoms with Crippen molar-refractivity contribution in [2.75, 3.05) is 6.54 Å². The zero-order valence-corrected chi connectivity index (χ0v) is 13.1. The van der Waals surface area contributed by atoms with E-state index >= 15 is 0 Å². The van der Waals surface area contributed by atoms with Gasteiger partial charge in [0.2, 0.25) is 0 Å². The summed E-state index contributed by atoms with van der Waals surface area (Å²) in [5.41, 5.74) is 1.16. The third-order valence-electron chi connectivity index (χ3n) is 2.66. The van der Waals surface area contributed by atoms with E-state index in [1.165, 1.54) is 0 Å². The van der Waals surface area contributed by atoms with Crippen molar-refractivity contribution in [2.24, 2.45) is 0 Å². The molecule has 0 aliphatic rings. The highest BCUT2D eigenvalue weighted by Crippen LogP contribution is 2.23. The Morgan fingerprint density at radius 2 is 2.11 bits per heavy atom. The van der Waals surface area contributed by atoms with E-state index in [0.29, 0.717) is 0 Å². The summed E-state index contributed by atoms with van der Waals surface area (Å²) < 4.78 is 6.81. The molecule has 0 aliphatic carbocycles. The van der Waals surface area contributed by atoms with Crippen molar-refractivity contribution in [3.05, 3.63) is 40.8 Å². The van der Waals surface area contributed by atoms with Crippen LogP contribution in [0, 0.1) is 0 Å². The van der Waals surface area contributed by atoms with Crippen molar-refractivity contribution in [2.45, 2.75) is 32.7 Å². The van der Waals surface area contributed by atoms with E-state index in [0.717, 1.165) is 34.7 Å². The summed E-state index contributed by atoms with van der Waals surface area (Å²) in [6.45, 7) is 7.31. The lowest BCUT2D eigenvalue weighted by molar-refractivity contribution is 0.412. The van der Waals surface area contributed by atoms with Crippen LogP contribution in [0.4, 0.5) is 0 Å². The predicted octanol–water partition coefficient (Wildman–Crippen LogP) is 4.03. The molecule has 3 nitrogen and oxygen atoms in total. The summed E-state index contributed by atoms with van der Waals surface area (Å²) in [6, 6.07) is 8.02. The van der Waals surface area contributed by atoms with Crippen LogP contribution in [-0.2, 0) is 6.42 Å². The Balaban J connectivity index is 1.99. The number of nitrogens with one attached hydrogen (secondary N) is 1. The number of aromatic nitrogens is 1. The molecular formula is C15H19BrN2O. The largest absolute Gasteiger partial charge is 0.441 e. The van der Waals surface area contributed by atoms with Gasteiger partial charge in [-0.2, -0.15) is 0 Å². The highest BCUT2D eigenvalue weighted by Gasteiger charge is 2.10. The zero-order valence-electron chi connectivity index (χ0n) is 11.5. The maximum Gasteiger partial charge on any atom is 0.196 e. The summed E-state index contributed by atoms with van der Waals surface area (Å²) in [5, 5.41) is 3.42. The number of benzene rings is 1. The van der Waals surface area contributed by atoms with Crippen LogP contribution >= 0.6 is 15.9 Å². The fourth-order valence-electron chi connectivity index (χ4n) is 1.75. The second kappa shape index (κ2) is 5.88. The van der Waals surface area contributed by atoms with Gasteiger partial charge in [-0.1, -0.05) is 28.1 Å². The number of rotatable bonds is 4. The Morgan fingerprint density at radius 1 is 1.32 bits per heavy atom. The molecule has 0 amide bonds. The molecule has 0 bridgehead atoms. The van der Waals surface area contributed by atoms with E-state index in [2.05, 4.69) is 47.0 Å². The number of hydrogen-bond donors (Lipinski definition) is 1. The van der Waals surface area contributed by atoms with Crippen molar-refractivity contribution in [3.63, 3.8) is 0 Å². The van der Waals surface area contributed by atoms with Crippen LogP contribution in [0.1, 0.15) is 26.7 Å². The highest BCUT2D eigenvalue weighted by molar-refractivity contribution is 9.10. The van der Waals surface area contributed by atoms with Crippen molar-refractivity contribution < 1.29 is 4.42 Å². The molecule has 0 unspecified atom stereocenters. The van der Waals surface area contributed by atoms with Gasteiger partial charge in [-0.05, 0) is 32.9 Å². The first-order valence-corrected chi connectivity index (χ1v) is 7.19. The van der Waals surface area contributed by atoms with E-state index in [1.807, 2.05) is 24.3 Å². The van der Waals surface area contributed by atoms with E-state index in [4.69, 9.17) is 4.42 Å². The first-order valence-electron chi connectivity index (χ1n) is 6.40. The molecule has 1 aromatic heterocycles. The van der Waals surface area contributed by atoms with Gasteiger partial charge in [0, 0.05) is 28.5 Å². The number of oxazole rings is 1. The molecule has 1 N–H and O–H groups in total. The molecule has 0 saturated heterocycles. The van der Waals surface area contributed by atoms with Gasteiger partial charge in [0.05, 0.1) is 6.20 Å². The molecule has 0 aliphatic heterocycles. The number of halogens is 1. The zero-order chi connectivity index (χ0) is 13.9. The topological polar surface area (TPSA) is 38.1 Å². The smallest absolute Gasteiger partial charge is 0.196 e. The van der Waals surface area contributed by atoms with Crippen molar-refractivity contribution in [1.29, 1.82) is 0 Å². The van der Waals surface area contributed by atoms with Crippen LogP contribution in [0.5, 0.6) is 0 Å². The molecule has 0 radical (unpaired) electrons. The first kappa shape index (κ1) is 14.3. The maximum absolute atomic E-state index is 5.77. The van der Waals surface area contributed by atoms with Gasteiger partial charge >= 0.3 is 0 Å². The van der Waals surface area contributed by atoms with Gasteiger partial charge in [-0.25, -0.2) is 4.98 Å². The van der Waals surface area contributed by atoms with Crippen LogP contribution in [0.2, 0.25) is 0 Å². The van der Waals surface area contributed by atoms with Gasteiger partial charge in [0.15, 0.2) is 11.7 Å². The normalized spacial score (nSPS) is 11.8. The maximum atomic E-state index is 5.77. The van der Waals surface area contributed by atoms with Crippen LogP contribution < -0.4 is 5.32 Å². The van der Waals surface area contributed by atoms with E-state index in [-0.39, 0.29) is 5.54 Å². The average Bonchev–Trinajstić information content (AvgIpc) is 2.76. The van der Waals surface area contributed by atoms with Gasteiger partial charge < -0.3 is 9.73 Å². The lowest BCUT2D eigenvalue weighted by Crippen LogP contribution is -2.37. The monoisotopic (exact) mass is 322 g/mol. The van der Waals surface area contributed by atoms with Gasteiger partial charge in [-0.15, -0.1) is 0 Å². The molecule has 2 rings (SSSR count). The molecule has 1 aromatic carbocycles. The SMILES string of the molecule is CC(C)(C)NCCc1ncc(-c2cccc(Br)c2)o1. The lowest BCUT2D eigenvalue weighted by Gasteiger charge is -2.19. The average molecular weight is 323 g/mol. The Hall–Kier alpha value is -1.13. The molecule has 19 heavy (non-hydrogen) atoms. The van der Waals surface area contributed by atoms with Crippen molar-refractivity contribution >= 4 is 15.9 Å². The Morgan fingerprint density at radius 3 is 2.79 bits per heavy atom. The van der Waals surface area contributed by atoms with Crippen molar-refractivity contribution in [1.82, 2.24) is 10.3 Å². The highest BCUT2D eigenvalue weighted by atomic mass is 79.9. The van der Waals surface area contributed by atoms with Gasteiger partial charge in [0.1, 0.15) is 0 Å². The third kappa shape index (κ3) is 4.48. The minimum atomic E-state index is 0.125. The predicted molar refractivity (Wildman–Crippen MR) is 81.1 cm³/mol. The summed E-state index contributed by atoms with van der Waals surface area (Å²) in [6.07, 6.45) is 2.58.